The maximum atomic E-state index is 13.1. The summed E-state index contributed by atoms with van der Waals surface area (Å²) in [5.41, 5.74) is 1.06. The number of hydrogen-bond acceptors (Lipinski definition) is 5. The number of imidazole rings is 1. The van der Waals surface area contributed by atoms with Crippen molar-refractivity contribution < 1.29 is 13.2 Å². The lowest BCUT2D eigenvalue weighted by Crippen LogP contribution is -2.33. The van der Waals surface area contributed by atoms with E-state index in [2.05, 4.69) is 21.4 Å². The van der Waals surface area contributed by atoms with Gasteiger partial charge in [0.05, 0.1) is 23.7 Å². The Morgan fingerprint density at radius 2 is 1.90 bits per heavy atom. The molecule has 1 unspecified atom stereocenters. The first-order valence-electron chi connectivity index (χ1n) is 12.2. The van der Waals surface area contributed by atoms with Gasteiger partial charge in [0.15, 0.2) is 0 Å². The van der Waals surface area contributed by atoms with Gasteiger partial charge < -0.3 is 9.30 Å². The highest BCUT2D eigenvalue weighted by Gasteiger charge is 2.33. The van der Waals surface area contributed by atoms with E-state index in [0.717, 1.165) is 70.6 Å². The second kappa shape index (κ2) is 10.1. The molecule has 0 N–H and O–H groups in total. The largest absolute Gasteiger partial charge is 0.377 e. The van der Waals surface area contributed by atoms with Gasteiger partial charge >= 0.3 is 0 Å². The Morgan fingerprint density at radius 1 is 1.10 bits per heavy atom. The van der Waals surface area contributed by atoms with Crippen molar-refractivity contribution in [2.75, 3.05) is 25.4 Å². The molecule has 1 aromatic rings. The summed E-state index contributed by atoms with van der Waals surface area (Å²) >= 11 is 0. The Bertz CT molecular complexity index is 776. The SMILES string of the molecule is CCCN(Cc1cnc(S(=O)(=O)CC2CC2)n1CC1CCCCC1)CC1CCCO1. The maximum Gasteiger partial charge on any atom is 0.227 e. The summed E-state index contributed by atoms with van der Waals surface area (Å²) in [6.07, 6.45) is 13.8. The van der Waals surface area contributed by atoms with Crippen LogP contribution in [0.4, 0.5) is 0 Å². The van der Waals surface area contributed by atoms with Crippen LogP contribution in [0.25, 0.3) is 0 Å². The van der Waals surface area contributed by atoms with E-state index in [1.165, 1.54) is 32.1 Å². The molecule has 2 saturated carbocycles. The highest BCUT2D eigenvalue weighted by atomic mass is 32.2. The summed E-state index contributed by atoms with van der Waals surface area (Å²) < 4.78 is 34.2. The van der Waals surface area contributed by atoms with Crippen molar-refractivity contribution in [1.82, 2.24) is 14.5 Å². The van der Waals surface area contributed by atoms with Gasteiger partial charge in [-0.2, -0.15) is 0 Å². The molecule has 7 heteroatoms. The minimum Gasteiger partial charge on any atom is -0.377 e. The summed E-state index contributed by atoms with van der Waals surface area (Å²) in [5, 5.41) is 0.323. The molecule has 1 aliphatic heterocycles. The van der Waals surface area contributed by atoms with E-state index < -0.39 is 9.84 Å². The Hall–Kier alpha value is -0.920. The lowest BCUT2D eigenvalue weighted by molar-refractivity contribution is 0.0696. The molecule has 30 heavy (non-hydrogen) atoms. The van der Waals surface area contributed by atoms with Crippen LogP contribution < -0.4 is 0 Å². The van der Waals surface area contributed by atoms with Crippen LogP contribution >= 0.6 is 0 Å². The van der Waals surface area contributed by atoms with Crippen LogP contribution in [0.5, 0.6) is 0 Å². The third-order valence-electron chi connectivity index (χ3n) is 6.91. The van der Waals surface area contributed by atoms with Crippen molar-refractivity contribution in [2.45, 2.75) is 95.5 Å². The van der Waals surface area contributed by atoms with Gasteiger partial charge in [0.25, 0.3) is 0 Å². The summed E-state index contributed by atoms with van der Waals surface area (Å²) in [6, 6.07) is 0. The van der Waals surface area contributed by atoms with Crippen LogP contribution in [-0.2, 0) is 27.7 Å². The monoisotopic (exact) mass is 437 g/mol. The molecule has 1 aromatic heterocycles. The fourth-order valence-electron chi connectivity index (χ4n) is 5.12. The predicted molar refractivity (Wildman–Crippen MR) is 118 cm³/mol. The van der Waals surface area contributed by atoms with E-state index in [-0.39, 0.29) is 5.75 Å². The molecule has 3 fully saturated rings. The van der Waals surface area contributed by atoms with Crippen molar-refractivity contribution in [1.29, 1.82) is 0 Å². The summed E-state index contributed by atoms with van der Waals surface area (Å²) in [5.74, 6) is 1.18. The third kappa shape index (κ3) is 5.86. The Balaban J connectivity index is 1.55. The zero-order valence-electron chi connectivity index (χ0n) is 18.6. The standard InChI is InChI=1S/C23H39N3O3S/c1-2-12-25(17-22-9-6-13-29-22)16-21-14-24-23(30(27,28)18-20-10-11-20)26(21)15-19-7-4-3-5-8-19/h14,19-20,22H,2-13,15-18H2,1H3. The maximum absolute atomic E-state index is 13.1. The Morgan fingerprint density at radius 3 is 2.57 bits per heavy atom. The van der Waals surface area contributed by atoms with Crippen molar-refractivity contribution in [3.63, 3.8) is 0 Å². The van der Waals surface area contributed by atoms with Crippen LogP contribution in [0, 0.1) is 11.8 Å². The first kappa shape index (κ1) is 22.3. The molecule has 2 heterocycles. The van der Waals surface area contributed by atoms with E-state index in [4.69, 9.17) is 4.74 Å². The number of sulfone groups is 1. The van der Waals surface area contributed by atoms with E-state index in [9.17, 15) is 8.42 Å². The minimum absolute atomic E-state index is 0.267. The van der Waals surface area contributed by atoms with Crippen LogP contribution in [-0.4, -0.2) is 54.4 Å². The minimum atomic E-state index is -3.32. The lowest BCUT2D eigenvalue weighted by Gasteiger charge is -2.27. The smallest absolute Gasteiger partial charge is 0.227 e. The van der Waals surface area contributed by atoms with E-state index in [1.54, 1.807) is 0 Å². The summed E-state index contributed by atoms with van der Waals surface area (Å²) in [7, 11) is -3.32. The second-order valence-corrected chi connectivity index (χ2v) is 11.7. The quantitative estimate of drug-likeness (QED) is 0.523. The average Bonchev–Trinajstić information content (AvgIpc) is 3.20. The van der Waals surface area contributed by atoms with Crippen LogP contribution in [0.1, 0.15) is 76.8 Å². The molecule has 0 aromatic carbocycles. The van der Waals surface area contributed by atoms with E-state index >= 15 is 0 Å². The van der Waals surface area contributed by atoms with Crippen LogP contribution in [0.2, 0.25) is 0 Å². The van der Waals surface area contributed by atoms with Crippen molar-refractivity contribution >= 4 is 9.84 Å². The molecule has 6 nitrogen and oxygen atoms in total. The summed E-state index contributed by atoms with van der Waals surface area (Å²) in [6.45, 7) is 6.55. The van der Waals surface area contributed by atoms with Crippen LogP contribution in [0.15, 0.2) is 11.4 Å². The normalized spacial score (nSPS) is 23.5. The number of aromatic nitrogens is 2. The zero-order valence-corrected chi connectivity index (χ0v) is 19.4. The predicted octanol–water partition coefficient (Wildman–Crippen LogP) is 4.04. The molecule has 0 amide bonds. The van der Waals surface area contributed by atoms with Gasteiger partial charge in [0, 0.05) is 26.2 Å². The molecule has 1 saturated heterocycles. The second-order valence-electron chi connectivity index (χ2n) is 9.74. The molecule has 2 aliphatic carbocycles. The van der Waals surface area contributed by atoms with Gasteiger partial charge in [-0.05, 0) is 63.3 Å². The topological polar surface area (TPSA) is 64.4 Å². The summed E-state index contributed by atoms with van der Waals surface area (Å²) in [4.78, 5) is 6.93. The molecule has 170 valence electrons. The highest BCUT2D eigenvalue weighted by molar-refractivity contribution is 7.91. The molecule has 0 bridgehead atoms. The van der Waals surface area contributed by atoms with Gasteiger partial charge in [-0.25, -0.2) is 13.4 Å². The fourth-order valence-corrected chi connectivity index (χ4v) is 6.96. The fraction of sp³-hybridized carbons (Fsp3) is 0.870. The Labute approximate surface area is 182 Å². The van der Waals surface area contributed by atoms with Gasteiger partial charge in [-0.3, -0.25) is 4.90 Å². The molecule has 1 atom stereocenters. The number of rotatable bonds is 11. The Kier molecular flexibility index (Phi) is 7.53. The highest BCUT2D eigenvalue weighted by Crippen LogP contribution is 2.33. The van der Waals surface area contributed by atoms with Gasteiger partial charge in [-0.1, -0.05) is 26.2 Å². The molecular formula is C23H39N3O3S. The zero-order chi connectivity index (χ0) is 21.0. The van der Waals surface area contributed by atoms with Crippen molar-refractivity contribution in [3.05, 3.63) is 11.9 Å². The number of ether oxygens (including phenoxy) is 1. The average molecular weight is 438 g/mol. The van der Waals surface area contributed by atoms with Gasteiger partial charge in [0.1, 0.15) is 0 Å². The third-order valence-corrected chi connectivity index (χ3v) is 8.70. The van der Waals surface area contributed by atoms with Crippen molar-refractivity contribution in [2.24, 2.45) is 11.8 Å². The van der Waals surface area contributed by atoms with E-state index in [1.807, 2.05) is 6.20 Å². The van der Waals surface area contributed by atoms with Gasteiger partial charge in [0.2, 0.25) is 15.0 Å². The van der Waals surface area contributed by atoms with Gasteiger partial charge in [-0.15, -0.1) is 0 Å². The molecule has 0 radical (unpaired) electrons. The number of nitrogens with zero attached hydrogens (tertiary/aromatic N) is 3. The van der Waals surface area contributed by atoms with E-state index in [0.29, 0.717) is 23.1 Å². The molecule has 0 spiro atoms. The number of hydrogen-bond donors (Lipinski definition) is 0. The molecule has 3 aliphatic rings. The first-order chi connectivity index (χ1) is 14.5. The van der Waals surface area contributed by atoms with Crippen LogP contribution in [0.3, 0.4) is 0 Å². The first-order valence-corrected chi connectivity index (χ1v) is 13.8. The molecular weight excluding hydrogens is 398 g/mol. The molecule has 4 rings (SSSR count). The lowest BCUT2D eigenvalue weighted by atomic mass is 9.89. The van der Waals surface area contributed by atoms with Crippen molar-refractivity contribution in [3.8, 4) is 0 Å².